The quantitative estimate of drug-likeness (QED) is 0.839. The average molecular weight is 325 g/mol. The van der Waals surface area contributed by atoms with E-state index in [-0.39, 0.29) is 17.4 Å². The summed E-state index contributed by atoms with van der Waals surface area (Å²) in [7, 11) is 0. The van der Waals surface area contributed by atoms with Gasteiger partial charge in [0.2, 0.25) is 5.91 Å². The predicted molar refractivity (Wildman–Crippen MR) is 90.3 cm³/mol. The highest BCUT2D eigenvalue weighted by atomic mass is 16.2. The van der Waals surface area contributed by atoms with Gasteiger partial charge < -0.3 is 9.80 Å². The molecule has 24 heavy (non-hydrogen) atoms. The second-order valence-electron chi connectivity index (χ2n) is 6.74. The fourth-order valence-electron chi connectivity index (χ4n) is 4.19. The second kappa shape index (κ2) is 6.64. The van der Waals surface area contributed by atoms with Crippen molar-refractivity contribution in [3.05, 3.63) is 35.4 Å². The second-order valence-corrected chi connectivity index (χ2v) is 6.74. The third-order valence-electron chi connectivity index (χ3n) is 5.33. The topological polar surface area (TPSA) is 64.4 Å². The summed E-state index contributed by atoms with van der Waals surface area (Å²) in [5.41, 5.74) is 0.970. The Hall–Kier alpha value is -2.35. The maximum Gasteiger partial charge on any atom is 0.253 e. The molecule has 2 saturated heterocycles. The van der Waals surface area contributed by atoms with E-state index in [0.29, 0.717) is 30.6 Å². The molecule has 5 nitrogen and oxygen atoms in total. The number of carbonyl (C=O) groups is 2. The van der Waals surface area contributed by atoms with Gasteiger partial charge in [0, 0.05) is 31.6 Å². The maximum atomic E-state index is 12.8. The normalized spacial score (nSPS) is 24.1. The standard InChI is InChI=1S/C19H23N3O2/c1-2-22-17(23)5-3-10-19(22)11-4-12-21(14-19)18(24)16-8-6-15(13-20)7-9-16/h6-9H,2-5,10-12,14H2,1H3. The molecule has 0 bridgehead atoms. The summed E-state index contributed by atoms with van der Waals surface area (Å²) in [6.45, 7) is 4.07. The molecule has 126 valence electrons. The van der Waals surface area contributed by atoms with E-state index in [9.17, 15) is 9.59 Å². The first-order valence-corrected chi connectivity index (χ1v) is 8.69. The fourth-order valence-corrected chi connectivity index (χ4v) is 4.19. The highest BCUT2D eigenvalue weighted by Gasteiger charge is 2.45. The molecule has 0 aromatic heterocycles. The number of benzene rings is 1. The molecule has 0 N–H and O–H groups in total. The Bertz CT molecular complexity index is 673. The summed E-state index contributed by atoms with van der Waals surface area (Å²) in [6, 6.07) is 8.85. The summed E-state index contributed by atoms with van der Waals surface area (Å²) in [5, 5.41) is 8.88. The van der Waals surface area contributed by atoms with E-state index in [2.05, 4.69) is 6.07 Å². The molecular weight excluding hydrogens is 302 g/mol. The number of nitriles is 1. The number of rotatable bonds is 2. The van der Waals surface area contributed by atoms with E-state index in [1.807, 2.05) is 16.7 Å². The van der Waals surface area contributed by atoms with Crippen molar-refractivity contribution in [3.63, 3.8) is 0 Å². The van der Waals surface area contributed by atoms with Crippen LogP contribution in [0, 0.1) is 11.3 Å². The first-order chi connectivity index (χ1) is 11.6. The zero-order valence-corrected chi connectivity index (χ0v) is 14.1. The van der Waals surface area contributed by atoms with Crippen LogP contribution in [0.25, 0.3) is 0 Å². The van der Waals surface area contributed by atoms with E-state index in [1.165, 1.54) is 0 Å². The van der Waals surface area contributed by atoms with Crippen LogP contribution < -0.4 is 0 Å². The van der Waals surface area contributed by atoms with Crippen LogP contribution in [0.1, 0.15) is 54.9 Å². The fraction of sp³-hybridized carbons (Fsp3) is 0.526. The minimum Gasteiger partial charge on any atom is -0.336 e. The van der Waals surface area contributed by atoms with Gasteiger partial charge in [-0.2, -0.15) is 5.26 Å². The van der Waals surface area contributed by atoms with Gasteiger partial charge in [-0.25, -0.2) is 0 Å². The van der Waals surface area contributed by atoms with Crippen molar-refractivity contribution in [1.29, 1.82) is 5.26 Å². The van der Waals surface area contributed by atoms with Crippen molar-refractivity contribution in [2.75, 3.05) is 19.6 Å². The predicted octanol–water partition coefficient (Wildman–Crippen LogP) is 2.57. The van der Waals surface area contributed by atoms with Crippen LogP contribution in [0.2, 0.25) is 0 Å². The Morgan fingerprint density at radius 3 is 2.62 bits per heavy atom. The molecule has 3 rings (SSSR count). The number of piperidine rings is 2. The van der Waals surface area contributed by atoms with Gasteiger partial charge in [0.05, 0.1) is 17.2 Å². The van der Waals surface area contributed by atoms with Gasteiger partial charge in [-0.15, -0.1) is 0 Å². The van der Waals surface area contributed by atoms with E-state index >= 15 is 0 Å². The molecule has 5 heteroatoms. The number of likely N-dealkylation sites (tertiary alicyclic amines) is 2. The third kappa shape index (κ3) is 2.89. The summed E-state index contributed by atoms with van der Waals surface area (Å²) in [5.74, 6) is 0.212. The minimum absolute atomic E-state index is 0.00681. The molecule has 1 aromatic carbocycles. The Morgan fingerprint density at radius 1 is 1.25 bits per heavy atom. The van der Waals surface area contributed by atoms with Gasteiger partial charge in [0.25, 0.3) is 5.91 Å². The maximum absolute atomic E-state index is 12.8. The number of likely N-dealkylation sites (N-methyl/N-ethyl adjacent to an activating group) is 1. The first kappa shape index (κ1) is 16.5. The minimum atomic E-state index is -0.190. The number of hydrogen-bond acceptors (Lipinski definition) is 3. The summed E-state index contributed by atoms with van der Waals surface area (Å²) in [4.78, 5) is 29.0. The number of nitrogens with zero attached hydrogens (tertiary/aromatic N) is 3. The van der Waals surface area contributed by atoms with Gasteiger partial charge in [-0.05, 0) is 56.9 Å². The first-order valence-electron chi connectivity index (χ1n) is 8.69. The van der Waals surface area contributed by atoms with Crippen LogP contribution in [0.5, 0.6) is 0 Å². The lowest BCUT2D eigenvalue weighted by Crippen LogP contribution is -2.63. The molecule has 2 amide bonds. The smallest absolute Gasteiger partial charge is 0.253 e. The van der Waals surface area contributed by atoms with Gasteiger partial charge in [0.1, 0.15) is 0 Å². The SMILES string of the molecule is CCN1C(=O)CCCC12CCCN(C(=O)c1ccc(C#N)cc1)C2. The van der Waals surface area contributed by atoms with Crippen molar-refractivity contribution >= 4 is 11.8 Å². The zero-order chi connectivity index (χ0) is 17.2. The Balaban J connectivity index is 1.80. The van der Waals surface area contributed by atoms with Crippen molar-refractivity contribution in [2.24, 2.45) is 0 Å². The third-order valence-corrected chi connectivity index (χ3v) is 5.33. The van der Waals surface area contributed by atoms with Gasteiger partial charge >= 0.3 is 0 Å². The molecule has 1 spiro atoms. The Morgan fingerprint density at radius 2 is 1.96 bits per heavy atom. The molecule has 1 aromatic rings. The van der Waals surface area contributed by atoms with E-state index in [1.54, 1.807) is 24.3 Å². The zero-order valence-electron chi connectivity index (χ0n) is 14.1. The Kier molecular flexibility index (Phi) is 4.57. The molecule has 0 aliphatic carbocycles. The van der Waals surface area contributed by atoms with Crippen molar-refractivity contribution in [1.82, 2.24) is 9.80 Å². The number of amides is 2. The van der Waals surface area contributed by atoms with Gasteiger partial charge in [-0.3, -0.25) is 9.59 Å². The Labute approximate surface area is 142 Å². The molecule has 1 atom stereocenters. The lowest BCUT2D eigenvalue weighted by molar-refractivity contribution is -0.144. The number of carbonyl (C=O) groups excluding carboxylic acids is 2. The van der Waals surface area contributed by atoms with Crippen molar-refractivity contribution < 1.29 is 9.59 Å². The molecule has 2 aliphatic rings. The average Bonchev–Trinajstić information content (AvgIpc) is 2.61. The van der Waals surface area contributed by atoms with Crippen LogP contribution >= 0.6 is 0 Å². The van der Waals surface area contributed by atoms with Gasteiger partial charge in [-0.1, -0.05) is 0 Å². The van der Waals surface area contributed by atoms with Crippen LogP contribution in [-0.2, 0) is 4.79 Å². The number of hydrogen-bond donors (Lipinski definition) is 0. The molecule has 0 saturated carbocycles. The molecule has 1 unspecified atom stereocenters. The van der Waals surface area contributed by atoms with E-state index in [0.717, 1.165) is 32.2 Å². The molecule has 2 heterocycles. The van der Waals surface area contributed by atoms with E-state index in [4.69, 9.17) is 5.26 Å². The van der Waals surface area contributed by atoms with Crippen LogP contribution in [0.15, 0.2) is 24.3 Å². The summed E-state index contributed by atoms with van der Waals surface area (Å²) >= 11 is 0. The van der Waals surface area contributed by atoms with Crippen LogP contribution in [0.4, 0.5) is 0 Å². The monoisotopic (exact) mass is 325 g/mol. The molecule has 2 fully saturated rings. The largest absolute Gasteiger partial charge is 0.336 e. The van der Waals surface area contributed by atoms with E-state index < -0.39 is 0 Å². The van der Waals surface area contributed by atoms with Crippen molar-refractivity contribution in [2.45, 2.75) is 44.6 Å². The lowest BCUT2D eigenvalue weighted by atomic mass is 9.79. The molecular formula is C19H23N3O2. The molecule has 2 aliphatic heterocycles. The lowest BCUT2D eigenvalue weighted by Gasteiger charge is -2.52. The summed E-state index contributed by atoms with van der Waals surface area (Å²) < 4.78 is 0. The molecule has 0 radical (unpaired) electrons. The van der Waals surface area contributed by atoms with Crippen molar-refractivity contribution in [3.8, 4) is 6.07 Å². The van der Waals surface area contributed by atoms with Crippen LogP contribution in [-0.4, -0.2) is 46.8 Å². The summed E-state index contributed by atoms with van der Waals surface area (Å²) in [6.07, 6.45) is 4.41. The van der Waals surface area contributed by atoms with Crippen LogP contribution in [0.3, 0.4) is 0 Å². The highest BCUT2D eigenvalue weighted by molar-refractivity contribution is 5.94. The highest BCUT2D eigenvalue weighted by Crippen LogP contribution is 2.36. The van der Waals surface area contributed by atoms with Gasteiger partial charge in [0.15, 0.2) is 0 Å².